The third-order valence-electron chi connectivity index (χ3n) is 1.89. The minimum absolute atomic E-state index is 0.154. The van der Waals surface area contributed by atoms with E-state index in [0.29, 0.717) is 13.0 Å². The summed E-state index contributed by atoms with van der Waals surface area (Å²) in [7, 11) is 0. The lowest BCUT2D eigenvalue weighted by molar-refractivity contribution is -0.685. The summed E-state index contributed by atoms with van der Waals surface area (Å²) < 4.78 is 1.93. The number of thiazole rings is 1. The van der Waals surface area contributed by atoms with Crippen LogP contribution in [0.3, 0.4) is 0 Å². The first-order valence-electron chi connectivity index (χ1n) is 4.22. The van der Waals surface area contributed by atoms with Gasteiger partial charge < -0.3 is 5.11 Å². The average Bonchev–Trinajstić information content (AvgIpc) is 2.36. The highest BCUT2D eigenvalue weighted by molar-refractivity contribution is 7.09. The van der Waals surface area contributed by atoms with Crippen LogP contribution in [-0.2, 0) is 17.8 Å². The highest BCUT2D eigenvalue weighted by Gasteiger charge is 2.15. The lowest BCUT2D eigenvalue weighted by atomic mass is 10.3. The number of aromatic nitrogens is 1. The van der Waals surface area contributed by atoms with Crippen LogP contribution in [0.25, 0.3) is 0 Å². The molecule has 0 aliphatic heterocycles. The molecule has 1 aromatic heterocycles. The molecule has 0 bridgehead atoms. The minimum Gasteiger partial charge on any atom is -0.396 e. The first kappa shape index (κ1) is 10.3. The molecule has 0 atom stereocenters. The van der Waals surface area contributed by atoms with Crippen LogP contribution in [0.5, 0.6) is 0 Å². The number of aliphatic hydroxyl groups is 1. The second kappa shape index (κ2) is 4.48. The summed E-state index contributed by atoms with van der Waals surface area (Å²) in [6, 6.07) is 0. The van der Waals surface area contributed by atoms with Gasteiger partial charge in [-0.2, -0.15) is 4.57 Å². The summed E-state index contributed by atoms with van der Waals surface area (Å²) in [6.07, 6.45) is 0.682. The topological polar surface area (TPSA) is 41.2 Å². The monoisotopic (exact) mass is 200 g/mol. The molecule has 1 heterocycles. The number of carbonyl (C=O) groups is 1. The lowest BCUT2D eigenvalue weighted by Gasteiger charge is -1.92. The number of ketones is 1. The maximum atomic E-state index is 10.9. The number of carbonyl (C=O) groups excluding carboxylic acids is 1. The third kappa shape index (κ3) is 2.60. The predicted molar refractivity (Wildman–Crippen MR) is 50.7 cm³/mol. The molecule has 0 amide bonds. The number of nitrogens with zero attached hydrogens (tertiary/aromatic N) is 1. The molecule has 1 aromatic rings. The van der Waals surface area contributed by atoms with Gasteiger partial charge in [-0.1, -0.05) is 11.3 Å². The van der Waals surface area contributed by atoms with Gasteiger partial charge in [-0.05, 0) is 0 Å². The number of hydrogen-bond donors (Lipinski definition) is 1. The number of aliphatic hydroxyl groups excluding tert-OH is 1. The molecule has 0 saturated carbocycles. The Hall–Kier alpha value is -0.740. The van der Waals surface area contributed by atoms with E-state index in [9.17, 15) is 4.79 Å². The third-order valence-corrected chi connectivity index (χ3v) is 3.03. The second-order valence-corrected chi connectivity index (χ2v) is 3.97. The number of Topliss-reactive ketones (excluding diaryl/α,β-unsaturated/α-hetero) is 1. The Bertz CT molecular complexity index is 307. The smallest absolute Gasteiger partial charge is 0.225 e. The minimum atomic E-state index is 0.154. The van der Waals surface area contributed by atoms with Gasteiger partial charge in [0.25, 0.3) is 0 Å². The van der Waals surface area contributed by atoms with Gasteiger partial charge in [0.15, 0.2) is 11.5 Å². The van der Waals surface area contributed by atoms with E-state index in [0.717, 1.165) is 10.6 Å². The van der Waals surface area contributed by atoms with Crippen LogP contribution in [0.4, 0.5) is 0 Å². The second-order valence-electron chi connectivity index (χ2n) is 3.04. The standard InChI is InChI=1S/C9H14NO2S/c1-7(12)5-10-6-13-9(3-4-11)8(10)2/h6,11H,3-5H2,1-2H3/q+1. The molecular weight excluding hydrogens is 186 g/mol. The van der Waals surface area contributed by atoms with Crippen LogP contribution in [0, 0.1) is 6.92 Å². The Labute approximate surface area is 81.6 Å². The summed E-state index contributed by atoms with van der Waals surface area (Å²) in [4.78, 5) is 12.0. The SMILES string of the molecule is CC(=O)C[n+]1csc(CCO)c1C. The zero-order valence-electron chi connectivity index (χ0n) is 7.91. The van der Waals surface area contributed by atoms with E-state index in [1.807, 2.05) is 17.0 Å². The van der Waals surface area contributed by atoms with Crippen molar-refractivity contribution < 1.29 is 14.5 Å². The van der Waals surface area contributed by atoms with Gasteiger partial charge in [0.05, 0.1) is 4.88 Å². The molecule has 0 aliphatic rings. The zero-order chi connectivity index (χ0) is 9.84. The Kier molecular flexibility index (Phi) is 3.57. The van der Waals surface area contributed by atoms with Gasteiger partial charge >= 0.3 is 0 Å². The molecule has 0 aromatic carbocycles. The van der Waals surface area contributed by atoms with Crippen LogP contribution in [0.15, 0.2) is 5.51 Å². The van der Waals surface area contributed by atoms with Crippen LogP contribution < -0.4 is 4.57 Å². The summed E-state index contributed by atoms with van der Waals surface area (Å²) in [5.41, 5.74) is 3.02. The van der Waals surface area contributed by atoms with Gasteiger partial charge in [0.2, 0.25) is 12.1 Å². The van der Waals surface area contributed by atoms with E-state index in [4.69, 9.17) is 5.11 Å². The molecule has 0 fully saturated rings. The Morgan fingerprint density at radius 3 is 2.92 bits per heavy atom. The highest BCUT2D eigenvalue weighted by atomic mass is 32.1. The summed E-state index contributed by atoms with van der Waals surface area (Å²) >= 11 is 1.59. The fraction of sp³-hybridized carbons (Fsp3) is 0.556. The molecule has 0 saturated heterocycles. The van der Waals surface area contributed by atoms with Crippen molar-refractivity contribution in [3.63, 3.8) is 0 Å². The Balaban J connectivity index is 2.79. The summed E-state index contributed by atoms with van der Waals surface area (Å²) in [5, 5.41) is 8.77. The normalized spacial score (nSPS) is 10.4. The van der Waals surface area contributed by atoms with Crippen LogP contribution >= 0.6 is 11.3 Å². The van der Waals surface area contributed by atoms with Crippen molar-refractivity contribution in [1.82, 2.24) is 0 Å². The molecule has 0 unspecified atom stereocenters. The average molecular weight is 200 g/mol. The van der Waals surface area contributed by atoms with E-state index < -0.39 is 0 Å². The van der Waals surface area contributed by atoms with E-state index in [2.05, 4.69) is 0 Å². The highest BCUT2D eigenvalue weighted by Crippen LogP contribution is 2.10. The van der Waals surface area contributed by atoms with Crippen LogP contribution in [0.1, 0.15) is 17.5 Å². The summed E-state index contributed by atoms with van der Waals surface area (Å²) in [5.74, 6) is 0.154. The number of hydrogen-bond acceptors (Lipinski definition) is 3. The maximum absolute atomic E-state index is 10.9. The van der Waals surface area contributed by atoms with E-state index in [1.165, 1.54) is 0 Å². The molecule has 1 N–H and O–H groups in total. The fourth-order valence-corrected chi connectivity index (χ4v) is 2.17. The number of rotatable bonds is 4. The van der Waals surface area contributed by atoms with Crippen molar-refractivity contribution in [3.8, 4) is 0 Å². The van der Waals surface area contributed by atoms with Gasteiger partial charge in [0, 0.05) is 26.9 Å². The zero-order valence-corrected chi connectivity index (χ0v) is 8.73. The molecule has 1 rings (SSSR count). The molecule has 72 valence electrons. The van der Waals surface area contributed by atoms with E-state index >= 15 is 0 Å². The van der Waals surface area contributed by atoms with Crippen LogP contribution in [0.2, 0.25) is 0 Å². The Morgan fingerprint density at radius 1 is 1.69 bits per heavy atom. The van der Waals surface area contributed by atoms with Crippen molar-refractivity contribution in [2.24, 2.45) is 0 Å². The molecule has 3 nitrogen and oxygen atoms in total. The molecule has 4 heteroatoms. The van der Waals surface area contributed by atoms with Gasteiger partial charge in [0.1, 0.15) is 0 Å². The first-order valence-corrected chi connectivity index (χ1v) is 5.09. The predicted octanol–water partition coefficient (Wildman–Crippen LogP) is 0.468. The molecular formula is C9H14NO2S+. The Morgan fingerprint density at radius 2 is 2.38 bits per heavy atom. The van der Waals surface area contributed by atoms with Gasteiger partial charge in [-0.3, -0.25) is 4.79 Å². The van der Waals surface area contributed by atoms with Crippen LogP contribution in [-0.4, -0.2) is 17.5 Å². The molecule has 0 aliphatic carbocycles. The quantitative estimate of drug-likeness (QED) is 0.718. The van der Waals surface area contributed by atoms with E-state index in [1.54, 1.807) is 18.3 Å². The van der Waals surface area contributed by atoms with Gasteiger partial charge in [-0.25, -0.2) is 0 Å². The van der Waals surface area contributed by atoms with Crippen molar-refractivity contribution in [2.45, 2.75) is 26.8 Å². The van der Waals surface area contributed by atoms with Crippen molar-refractivity contribution >= 4 is 17.1 Å². The largest absolute Gasteiger partial charge is 0.396 e. The van der Waals surface area contributed by atoms with Crippen molar-refractivity contribution in [3.05, 3.63) is 16.1 Å². The lowest BCUT2D eigenvalue weighted by Crippen LogP contribution is -2.37. The van der Waals surface area contributed by atoms with Gasteiger partial charge in [-0.15, -0.1) is 0 Å². The molecule has 0 spiro atoms. The fourth-order valence-electron chi connectivity index (χ4n) is 1.19. The molecule has 13 heavy (non-hydrogen) atoms. The maximum Gasteiger partial charge on any atom is 0.225 e. The summed E-state index contributed by atoms with van der Waals surface area (Å²) in [6.45, 7) is 4.16. The van der Waals surface area contributed by atoms with Crippen molar-refractivity contribution in [2.75, 3.05) is 6.61 Å². The molecule has 0 radical (unpaired) electrons. The van der Waals surface area contributed by atoms with Crippen molar-refractivity contribution in [1.29, 1.82) is 0 Å². The first-order chi connectivity index (χ1) is 6.15. The van der Waals surface area contributed by atoms with E-state index in [-0.39, 0.29) is 12.4 Å².